The molecule has 1 fully saturated rings. The van der Waals surface area contributed by atoms with Crippen molar-refractivity contribution in [3.05, 3.63) is 23.3 Å². The van der Waals surface area contributed by atoms with Gasteiger partial charge >= 0.3 is 0 Å². The minimum Gasteiger partial charge on any atom is -0.326 e. The summed E-state index contributed by atoms with van der Waals surface area (Å²) >= 11 is 0. The van der Waals surface area contributed by atoms with E-state index in [0.29, 0.717) is 25.2 Å². The molecule has 1 aromatic rings. The third-order valence-electron chi connectivity index (χ3n) is 4.85. The van der Waals surface area contributed by atoms with Crippen molar-refractivity contribution in [1.82, 2.24) is 4.31 Å². The summed E-state index contributed by atoms with van der Waals surface area (Å²) < 4.78 is 50.1. The van der Waals surface area contributed by atoms with Gasteiger partial charge in [-0.1, -0.05) is 13.8 Å². The predicted octanol–water partition coefficient (Wildman–Crippen LogP) is 1.71. The fourth-order valence-electron chi connectivity index (χ4n) is 3.05. The van der Waals surface area contributed by atoms with Crippen molar-refractivity contribution in [2.24, 2.45) is 5.92 Å². The Morgan fingerprint density at radius 3 is 2.35 bits per heavy atom. The lowest BCUT2D eigenvalue weighted by atomic mass is 10.1. The topological polar surface area (TPSA) is 101 Å². The number of hydrogen-bond acceptors (Lipinski definition) is 5. The molecule has 0 radical (unpaired) electrons. The molecule has 1 amide bonds. The van der Waals surface area contributed by atoms with Crippen LogP contribution in [0.2, 0.25) is 0 Å². The molecule has 1 aliphatic rings. The van der Waals surface area contributed by atoms with Gasteiger partial charge in [0.05, 0.1) is 22.3 Å². The Bertz CT molecular complexity index is 903. The van der Waals surface area contributed by atoms with Crippen molar-refractivity contribution >= 4 is 31.5 Å². The molecule has 7 nitrogen and oxygen atoms in total. The van der Waals surface area contributed by atoms with Crippen LogP contribution in [0.4, 0.5) is 5.69 Å². The molecule has 0 unspecified atom stereocenters. The van der Waals surface area contributed by atoms with Gasteiger partial charge in [0.15, 0.2) is 9.84 Å². The number of hydrogen-bond donors (Lipinski definition) is 1. The van der Waals surface area contributed by atoms with Crippen molar-refractivity contribution in [2.75, 3.05) is 29.9 Å². The van der Waals surface area contributed by atoms with Crippen LogP contribution >= 0.6 is 0 Å². The smallest absolute Gasteiger partial charge is 0.243 e. The zero-order valence-electron chi connectivity index (χ0n) is 15.6. The van der Waals surface area contributed by atoms with Crippen LogP contribution in [0, 0.1) is 19.8 Å². The van der Waals surface area contributed by atoms with Crippen LogP contribution in [-0.2, 0) is 24.7 Å². The summed E-state index contributed by atoms with van der Waals surface area (Å²) in [6.45, 7) is 7.83. The van der Waals surface area contributed by atoms with Gasteiger partial charge in [-0.15, -0.1) is 0 Å². The molecule has 0 saturated carbocycles. The van der Waals surface area contributed by atoms with Crippen molar-refractivity contribution in [3.8, 4) is 0 Å². The molecule has 1 aliphatic heterocycles. The van der Waals surface area contributed by atoms with Crippen LogP contribution in [0.3, 0.4) is 0 Å². The minimum atomic E-state index is -3.65. The summed E-state index contributed by atoms with van der Waals surface area (Å²) in [5.41, 5.74) is 1.91. The standard InChI is InChI=1S/C17H26N2O5S2/c1-5-19(6-2)26(23,24)15-9-12(3)13(4)16(10-15)18-17(20)14-7-8-25(21,22)11-14/h9-10,14H,5-8,11H2,1-4H3,(H,18,20)/t14-/m1/s1. The number of sulfonamides is 1. The van der Waals surface area contributed by atoms with E-state index in [1.807, 2.05) is 0 Å². The molecule has 26 heavy (non-hydrogen) atoms. The number of aryl methyl sites for hydroxylation is 1. The highest BCUT2D eigenvalue weighted by Crippen LogP contribution is 2.28. The zero-order valence-corrected chi connectivity index (χ0v) is 17.2. The number of amides is 1. The van der Waals surface area contributed by atoms with Crippen LogP contribution in [0.1, 0.15) is 31.4 Å². The van der Waals surface area contributed by atoms with Crippen LogP contribution in [0.15, 0.2) is 17.0 Å². The van der Waals surface area contributed by atoms with Crippen molar-refractivity contribution in [3.63, 3.8) is 0 Å². The van der Waals surface area contributed by atoms with E-state index in [4.69, 9.17) is 0 Å². The Morgan fingerprint density at radius 1 is 1.23 bits per heavy atom. The summed E-state index contributed by atoms with van der Waals surface area (Å²) in [5, 5.41) is 2.73. The fraction of sp³-hybridized carbons (Fsp3) is 0.588. The third kappa shape index (κ3) is 4.27. The van der Waals surface area contributed by atoms with Gasteiger partial charge in [0.2, 0.25) is 15.9 Å². The second-order valence-electron chi connectivity index (χ2n) is 6.59. The maximum Gasteiger partial charge on any atom is 0.243 e. The van der Waals surface area contributed by atoms with E-state index in [-0.39, 0.29) is 22.3 Å². The Kier molecular flexibility index (Phi) is 6.14. The Hall–Kier alpha value is -1.45. The first kappa shape index (κ1) is 20.9. The molecule has 1 atom stereocenters. The molecule has 1 aromatic carbocycles. The number of nitrogens with zero attached hydrogens (tertiary/aromatic N) is 1. The van der Waals surface area contributed by atoms with E-state index in [2.05, 4.69) is 5.32 Å². The number of anilines is 1. The highest BCUT2D eigenvalue weighted by Gasteiger charge is 2.33. The van der Waals surface area contributed by atoms with Gasteiger partial charge in [-0.3, -0.25) is 4.79 Å². The maximum atomic E-state index is 12.8. The molecule has 1 saturated heterocycles. The predicted molar refractivity (Wildman–Crippen MR) is 101 cm³/mol. The number of carbonyl (C=O) groups is 1. The van der Waals surface area contributed by atoms with Gasteiger partial charge in [-0.25, -0.2) is 16.8 Å². The summed E-state index contributed by atoms with van der Waals surface area (Å²) in [5.74, 6) is -1.12. The number of rotatable bonds is 6. The highest BCUT2D eigenvalue weighted by molar-refractivity contribution is 7.91. The molecule has 146 valence electrons. The molecule has 1 heterocycles. The minimum absolute atomic E-state index is 0.0134. The second-order valence-corrected chi connectivity index (χ2v) is 10.8. The summed E-state index contributed by atoms with van der Waals surface area (Å²) in [4.78, 5) is 12.6. The van der Waals surface area contributed by atoms with Crippen LogP contribution in [0.5, 0.6) is 0 Å². The second kappa shape index (κ2) is 7.66. The van der Waals surface area contributed by atoms with Crippen LogP contribution in [0.25, 0.3) is 0 Å². The first-order chi connectivity index (χ1) is 12.0. The molecule has 9 heteroatoms. The largest absolute Gasteiger partial charge is 0.326 e. The molecule has 2 rings (SSSR count). The zero-order chi connectivity index (χ0) is 19.7. The maximum absolute atomic E-state index is 12.8. The lowest BCUT2D eigenvalue weighted by Gasteiger charge is -2.21. The van der Waals surface area contributed by atoms with Crippen LogP contribution in [-0.4, -0.2) is 51.6 Å². The average molecular weight is 403 g/mol. The molecule has 0 bridgehead atoms. The summed E-state index contributed by atoms with van der Waals surface area (Å²) in [6, 6.07) is 3.05. The number of sulfone groups is 1. The number of nitrogens with one attached hydrogen (secondary N) is 1. The van der Waals surface area contributed by atoms with Gasteiger partial charge in [0.25, 0.3) is 0 Å². The lowest BCUT2D eigenvalue weighted by molar-refractivity contribution is -0.119. The Balaban J connectivity index is 2.35. The van der Waals surface area contributed by atoms with E-state index >= 15 is 0 Å². The number of carbonyl (C=O) groups excluding carboxylic acids is 1. The summed E-state index contributed by atoms with van der Waals surface area (Å²) in [6.07, 6.45) is 0.295. The molecule has 1 N–H and O–H groups in total. The van der Waals surface area contributed by atoms with Gasteiger partial charge in [0, 0.05) is 18.8 Å². The highest BCUT2D eigenvalue weighted by atomic mass is 32.2. The normalized spacial score (nSPS) is 19.7. The van der Waals surface area contributed by atoms with E-state index in [1.165, 1.54) is 10.4 Å². The fourth-order valence-corrected chi connectivity index (χ4v) is 6.37. The Labute approximate surface area is 155 Å². The van der Waals surface area contributed by atoms with E-state index < -0.39 is 25.8 Å². The van der Waals surface area contributed by atoms with Crippen molar-refractivity contribution in [1.29, 1.82) is 0 Å². The van der Waals surface area contributed by atoms with E-state index in [9.17, 15) is 21.6 Å². The quantitative estimate of drug-likeness (QED) is 0.781. The first-order valence-electron chi connectivity index (χ1n) is 8.64. The van der Waals surface area contributed by atoms with E-state index in [0.717, 1.165) is 11.1 Å². The molecule has 0 spiro atoms. The Morgan fingerprint density at radius 2 is 1.85 bits per heavy atom. The lowest BCUT2D eigenvalue weighted by Crippen LogP contribution is -2.31. The van der Waals surface area contributed by atoms with E-state index in [1.54, 1.807) is 33.8 Å². The summed E-state index contributed by atoms with van der Waals surface area (Å²) in [7, 11) is -6.81. The third-order valence-corrected chi connectivity index (χ3v) is 8.64. The molecule has 0 aromatic heterocycles. The van der Waals surface area contributed by atoms with Gasteiger partial charge in [0.1, 0.15) is 0 Å². The monoisotopic (exact) mass is 402 g/mol. The van der Waals surface area contributed by atoms with Gasteiger partial charge in [-0.2, -0.15) is 4.31 Å². The van der Waals surface area contributed by atoms with Crippen molar-refractivity contribution < 1.29 is 21.6 Å². The molecular weight excluding hydrogens is 376 g/mol. The first-order valence-corrected chi connectivity index (χ1v) is 11.9. The van der Waals surface area contributed by atoms with Crippen LogP contribution < -0.4 is 5.32 Å². The molecule has 0 aliphatic carbocycles. The number of benzene rings is 1. The van der Waals surface area contributed by atoms with Gasteiger partial charge in [-0.05, 0) is 43.5 Å². The SMILES string of the molecule is CCN(CC)S(=O)(=O)c1cc(C)c(C)c(NC(=O)[C@@H]2CCS(=O)(=O)C2)c1. The van der Waals surface area contributed by atoms with Crippen molar-refractivity contribution in [2.45, 2.75) is 39.0 Å². The van der Waals surface area contributed by atoms with Gasteiger partial charge < -0.3 is 5.32 Å². The average Bonchev–Trinajstić information content (AvgIpc) is 2.92. The molecular formula is C17H26N2O5S2.